The van der Waals surface area contributed by atoms with Gasteiger partial charge in [-0.15, -0.1) is 0 Å². The van der Waals surface area contributed by atoms with E-state index >= 15 is 0 Å². The minimum absolute atomic E-state index is 0.0358. The van der Waals surface area contributed by atoms with Gasteiger partial charge in [0.25, 0.3) is 0 Å². The molecule has 0 aromatic heterocycles. The molecule has 3 N–H and O–H groups in total. The van der Waals surface area contributed by atoms with Gasteiger partial charge < -0.3 is 25.0 Å². The Kier molecular flexibility index (Phi) is 8.21. The van der Waals surface area contributed by atoms with E-state index in [2.05, 4.69) is 10.6 Å². The molecule has 0 saturated carbocycles. The molecule has 2 aromatic carbocycles. The van der Waals surface area contributed by atoms with Crippen molar-refractivity contribution in [3.05, 3.63) is 65.5 Å². The van der Waals surface area contributed by atoms with Crippen molar-refractivity contribution in [3.8, 4) is 0 Å². The number of carbonyl (C=O) groups excluding carboxylic acids is 2. The predicted octanol–water partition coefficient (Wildman–Crippen LogP) is 1.98. The second kappa shape index (κ2) is 10.8. The Morgan fingerprint density at radius 3 is 1.81 bits per heavy atom. The third kappa shape index (κ3) is 6.70. The number of nitrogens with one attached hydrogen (secondary N) is 2. The Bertz CT molecular complexity index is 1090. The Hall–Kier alpha value is -3.24. The molecule has 0 bridgehead atoms. The SMILES string of the molecule is CC(=O)N[C@@H](Cc1ccc(F)cc1)C(=O)N[C@H](Cc1ccc(B2OC(C)(C)C(C)(C)O2)cc1)C(=O)O. The fraction of sp³-hybridized carbons (Fsp3) is 0.423. The average molecular weight is 498 g/mol. The van der Waals surface area contributed by atoms with Crippen LogP contribution in [0.3, 0.4) is 0 Å². The van der Waals surface area contributed by atoms with Crippen LogP contribution in [0.5, 0.6) is 0 Å². The van der Waals surface area contributed by atoms with E-state index in [4.69, 9.17) is 9.31 Å². The second-order valence-corrected chi connectivity index (χ2v) is 10.0. The molecule has 1 heterocycles. The summed E-state index contributed by atoms with van der Waals surface area (Å²) in [5.41, 5.74) is 1.16. The van der Waals surface area contributed by atoms with Crippen LogP contribution in [0.4, 0.5) is 4.39 Å². The number of amides is 2. The summed E-state index contributed by atoms with van der Waals surface area (Å²) in [4.78, 5) is 36.5. The molecule has 8 nitrogen and oxygen atoms in total. The van der Waals surface area contributed by atoms with Gasteiger partial charge >= 0.3 is 13.1 Å². The van der Waals surface area contributed by atoms with E-state index in [9.17, 15) is 23.9 Å². The number of carbonyl (C=O) groups is 3. The number of halogens is 1. The number of hydrogen-bond acceptors (Lipinski definition) is 5. The van der Waals surface area contributed by atoms with Crippen molar-refractivity contribution >= 4 is 30.4 Å². The molecule has 2 amide bonds. The number of hydrogen-bond donors (Lipinski definition) is 3. The molecule has 1 aliphatic heterocycles. The Morgan fingerprint density at radius 1 is 0.861 bits per heavy atom. The van der Waals surface area contributed by atoms with Crippen molar-refractivity contribution in [1.29, 1.82) is 0 Å². The van der Waals surface area contributed by atoms with Crippen LogP contribution in [0, 0.1) is 5.82 Å². The van der Waals surface area contributed by atoms with Gasteiger partial charge in [0.1, 0.15) is 17.9 Å². The molecule has 2 atom stereocenters. The van der Waals surface area contributed by atoms with Crippen LogP contribution in [0.15, 0.2) is 48.5 Å². The largest absolute Gasteiger partial charge is 0.494 e. The van der Waals surface area contributed by atoms with E-state index in [1.807, 2.05) is 39.8 Å². The van der Waals surface area contributed by atoms with E-state index in [-0.39, 0.29) is 12.8 Å². The van der Waals surface area contributed by atoms with E-state index < -0.39 is 54.0 Å². The van der Waals surface area contributed by atoms with Crippen LogP contribution >= 0.6 is 0 Å². The summed E-state index contributed by atoms with van der Waals surface area (Å²) in [7, 11) is -0.538. The molecular weight excluding hydrogens is 466 g/mol. The molecule has 3 rings (SSSR count). The molecule has 0 aliphatic carbocycles. The average Bonchev–Trinajstić information content (AvgIpc) is 3.01. The first-order valence-corrected chi connectivity index (χ1v) is 11.8. The zero-order valence-electron chi connectivity index (χ0n) is 21.1. The third-order valence-corrected chi connectivity index (χ3v) is 6.61. The second-order valence-electron chi connectivity index (χ2n) is 10.0. The molecule has 1 fully saturated rings. The topological polar surface area (TPSA) is 114 Å². The highest BCUT2D eigenvalue weighted by Gasteiger charge is 2.51. The third-order valence-electron chi connectivity index (χ3n) is 6.61. The van der Waals surface area contributed by atoms with Crippen LogP contribution in [0.1, 0.15) is 45.7 Å². The van der Waals surface area contributed by atoms with Gasteiger partial charge in [-0.25, -0.2) is 9.18 Å². The summed E-state index contributed by atoms with van der Waals surface area (Å²) in [6.07, 6.45) is 0.120. The molecule has 0 radical (unpaired) electrons. The minimum atomic E-state index is -1.22. The summed E-state index contributed by atoms with van der Waals surface area (Å²) >= 11 is 0. The fourth-order valence-electron chi connectivity index (χ4n) is 3.81. The lowest BCUT2D eigenvalue weighted by atomic mass is 9.78. The summed E-state index contributed by atoms with van der Waals surface area (Å²) in [6, 6.07) is 10.5. The van der Waals surface area contributed by atoms with Crippen molar-refractivity contribution in [1.82, 2.24) is 10.6 Å². The molecule has 0 unspecified atom stereocenters. The molecule has 36 heavy (non-hydrogen) atoms. The van der Waals surface area contributed by atoms with Crippen LogP contribution in [0.2, 0.25) is 0 Å². The minimum Gasteiger partial charge on any atom is -0.480 e. The van der Waals surface area contributed by atoms with E-state index in [0.717, 1.165) is 5.46 Å². The first-order chi connectivity index (χ1) is 16.8. The molecule has 192 valence electrons. The van der Waals surface area contributed by atoms with Crippen LogP contribution in [0.25, 0.3) is 0 Å². The number of benzene rings is 2. The zero-order valence-corrected chi connectivity index (χ0v) is 21.1. The number of carboxylic acid groups (broad SMARTS) is 1. The van der Waals surface area contributed by atoms with Crippen LogP contribution in [-0.2, 0) is 36.5 Å². The summed E-state index contributed by atoms with van der Waals surface area (Å²) in [5, 5.41) is 14.8. The Labute approximate surface area is 210 Å². The maximum atomic E-state index is 13.2. The predicted molar refractivity (Wildman–Crippen MR) is 133 cm³/mol. The van der Waals surface area contributed by atoms with Crippen molar-refractivity contribution in [2.24, 2.45) is 0 Å². The molecule has 1 saturated heterocycles. The maximum Gasteiger partial charge on any atom is 0.494 e. The van der Waals surface area contributed by atoms with Gasteiger partial charge in [0, 0.05) is 19.8 Å². The molecule has 10 heteroatoms. The normalized spacial score (nSPS) is 17.8. The monoisotopic (exact) mass is 498 g/mol. The molecule has 0 spiro atoms. The number of rotatable bonds is 9. The maximum absolute atomic E-state index is 13.2. The quantitative estimate of drug-likeness (QED) is 0.456. The number of aliphatic carboxylic acids is 1. The lowest BCUT2D eigenvalue weighted by Gasteiger charge is -2.32. The Morgan fingerprint density at radius 2 is 1.33 bits per heavy atom. The first-order valence-electron chi connectivity index (χ1n) is 11.8. The van der Waals surface area contributed by atoms with Crippen molar-refractivity contribution in [2.75, 3.05) is 0 Å². The zero-order chi connectivity index (χ0) is 26.7. The van der Waals surface area contributed by atoms with Gasteiger partial charge in [-0.1, -0.05) is 36.4 Å². The van der Waals surface area contributed by atoms with E-state index in [1.165, 1.54) is 31.2 Å². The summed E-state index contributed by atoms with van der Waals surface area (Å²) in [6.45, 7) is 9.12. The highest BCUT2D eigenvalue weighted by Crippen LogP contribution is 2.36. The Balaban J connectivity index is 1.68. The van der Waals surface area contributed by atoms with Crippen molar-refractivity contribution < 1.29 is 33.2 Å². The molecule has 1 aliphatic rings. The highest BCUT2D eigenvalue weighted by atomic mass is 19.1. The van der Waals surface area contributed by atoms with Gasteiger partial charge in [0.05, 0.1) is 11.2 Å². The fourth-order valence-corrected chi connectivity index (χ4v) is 3.81. The summed E-state index contributed by atoms with van der Waals surface area (Å²) in [5.74, 6) is -2.71. The van der Waals surface area contributed by atoms with Gasteiger partial charge in [-0.3, -0.25) is 9.59 Å². The van der Waals surface area contributed by atoms with E-state index in [0.29, 0.717) is 11.1 Å². The standard InChI is InChI=1S/C26H32BFN2O6/c1-16(31)29-21(14-18-8-12-20(28)13-9-18)23(32)30-22(24(33)34)15-17-6-10-19(11-7-17)27-35-25(2,3)26(4,5)36-27/h6-13,21-22H,14-15H2,1-5H3,(H,29,31)(H,30,32)(H,33,34)/t21-,22+/m0/s1. The van der Waals surface area contributed by atoms with Gasteiger partial charge in [0.15, 0.2) is 0 Å². The van der Waals surface area contributed by atoms with Crippen LogP contribution in [-0.4, -0.2) is 53.3 Å². The van der Waals surface area contributed by atoms with Crippen molar-refractivity contribution in [2.45, 2.75) is 70.7 Å². The van der Waals surface area contributed by atoms with Crippen LogP contribution < -0.4 is 16.1 Å². The summed E-state index contributed by atoms with van der Waals surface area (Å²) < 4.78 is 25.3. The molecule has 2 aromatic rings. The van der Waals surface area contributed by atoms with E-state index in [1.54, 1.807) is 12.1 Å². The van der Waals surface area contributed by atoms with Gasteiger partial charge in [0.2, 0.25) is 11.8 Å². The lowest BCUT2D eigenvalue weighted by molar-refractivity contribution is -0.142. The highest BCUT2D eigenvalue weighted by molar-refractivity contribution is 6.62. The number of carboxylic acids is 1. The smallest absolute Gasteiger partial charge is 0.480 e. The van der Waals surface area contributed by atoms with Gasteiger partial charge in [-0.05, 0) is 56.4 Å². The first kappa shape index (κ1) is 27.4. The molecular formula is C26H32BFN2O6. The van der Waals surface area contributed by atoms with Crippen molar-refractivity contribution in [3.63, 3.8) is 0 Å². The lowest BCUT2D eigenvalue weighted by Crippen LogP contribution is -2.52. The van der Waals surface area contributed by atoms with Gasteiger partial charge in [-0.2, -0.15) is 0 Å².